The SMILES string of the molecule is CSC(CO)C(C)Nc1cnn(CC(F)(F)F)c(=O)c1Br. The average Bonchev–Trinajstić information content (AvgIpc) is 2.38. The number of hydrogen-bond acceptors (Lipinski definition) is 5. The van der Waals surface area contributed by atoms with Crippen LogP contribution >= 0.6 is 27.7 Å². The van der Waals surface area contributed by atoms with Gasteiger partial charge >= 0.3 is 6.18 Å². The molecule has 0 aromatic carbocycles. The van der Waals surface area contributed by atoms with Gasteiger partial charge in [-0.25, -0.2) is 4.68 Å². The van der Waals surface area contributed by atoms with E-state index < -0.39 is 18.3 Å². The molecule has 10 heteroatoms. The molecule has 1 heterocycles. The number of hydrogen-bond donors (Lipinski definition) is 2. The van der Waals surface area contributed by atoms with Gasteiger partial charge in [-0.1, -0.05) is 0 Å². The lowest BCUT2D eigenvalue weighted by Crippen LogP contribution is -2.34. The smallest absolute Gasteiger partial charge is 0.395 e. The van der Waals surface area contributed by atoms with E-state index in [1.807, 2.05) is 6.26 Å². The Morgan fingerprint density at radius 1 is 1.57 bits per heavy atom. The van der Waals surface area contributed by atoms with Crippen molar-refractivity contribution < 1.29 is 18.3 Å². The van der Waals surface area contributed by atoms with Crippen LogP contribution in [0.4, 0.5) is 18.9 Å². The van der Waals surface area contributed by atoms with Crippen LogP contribution in [0.15, 0.2) is 15.5 Å². The predicted octanol–water partition coefficient (Wildman–Crippen LogP) is 2.09. The van der Waals surface area contributed by atoms with E-state index in [1.54, 1.807) is 6.92 Å². The quantitative estimate of drug-likeness (QED) is 0.779. The average molecular weight is 390 g/mol. The fourth-order valence-electron chi connectivity index (χ4n) is 1.62. The van der Waals surface area contributed by atoms with E-state index in [1.165, 1.54) is 11.8 Å². The Morgan fingerprint density at radius 3 is 2.67 bits per heavy atom. The molecule has 1 aromatic heterocycles. The third-order valence-corrected chi connectivity index (χ3v) is 4.67. The van der Waals surface area contributed by atoms with Crippen LogP contribution in [0.3, 0.4) is 0 Å². The molecular formula is C11H15BrF3N3O2S. The molecule has 120 valence electrons. The van der Waals surface area contributed by atoms with Crippen molar-refractivity contribution in [1.82, 2.24) is 9.78 Å². The Balaban J connectivity index is 2.97. The topological polar surface area (TPSA) is 67.2 Å². The fraction of sp³-hybridized carbons (Fsp3) is 0.636. The summed E-state index contributed by atoms with van der Waals surface area (Å²) in [6.45, 7) is 0.293. The van der Waals surface area contributed by atoms with E-state index >= 15 is 0 Å². The number of alkyl halides is 3. The number of nitrogens with one attached hydrogen (secondary N) is 1. The van der Waals surface area contributed by atoms with Gasteiger partial charge in [0, 0.05) is 11.3 Å². The number of aliphatic hydroxyl groups is 1. The zero-order chi connectivity index (χ0) is 16.2. The van der Waals surface area contributed by atoms with Gasteiger partial charge in [-0.2, -0.15) is 30.0 Å². The zero-order valence-electron chi connectivity index (χ0n) is 11.3. The minimum absolute atomic E-state index is 0.0219. The molecule has 0 bridgehead atoms. The standard InChI is InChI=1S/C11H15BrF3N3O2S/c1-6(8(4-19)21-2)17-7-3-16-18(5-11(13,14)15)10(20)9(7)12/h3,6,8,17,19H,4-5H2,1-2H3. The van der Waals surface area contributed by atoms with Crippen LogP contribution in [0.5, 0.6) is 0 Å². The van der Waals surface area contributed by atoms with Gasteiger partial charge in [0.25, 0.3) is 5.56 Å². The first-order valence-corrected chi connectivity index (χ1v) is 8.00. The highest BCUT2D eigenvalue weighted by Gasteiger charge is 2.30. The highest BCUT2D eigenvalue weighted by molar-refractivity contribution is 9.10. The molecule has 0 aliphatic carbocycles. The maximum atomic E-state index is 12.3. The third kappa shape index (κ3) is 5.19. The van der Waals surface area contributed by atoms with Crippen molar-refractivity contribution in [2.24, 2.45) is 0 Å². The normalized spacial score (nSPS) is 14.8. The molecule has 0 saturated heterocycles. The van der Waals surface area contributed by atoms with E-state index in [2.05, 4.69) is 26.3 Å². The summed E-state index contributed by atoms with van der Waals surface area (Å²) < 4.78 is 37.2. The van der Waals surface area contributed by atoms with Crippen molar-refractivity contribution in [1.29, 1.82) is 0 Å². The van der Waals surface area contributed by atoms with Crippen molar-refractivity contribution in [3.8, 4) is 0 Å². The molecule has 0 saturated carbocycles. The van der Waals surface area contributed by atoms with Crippen LogP contribution in [0.1, 0.15) is 6.92 Å². The van der Waals surface area contributed by atoms with Crippen LogP contribution in [-0.2, 0) is 6.54 Å². The Morgan fingerprint density at radius 2 is 2.19 bits per heavy atom. The molecule has 21 heavy (non-hydrogen) atoms. The molecule has 0 fully saturated rings. The van der Waals surface area contributed by atoms with Gasteiger partial charge in [-0.3, -0.25) is 4.79 Å². The summed E-state index contributed by atoms with van der Waals surface area (Å²) in [5.41, 5.74) is -0.576. The molecule has 0 aliphatic rings. The van der Waals surface area contributed by atoms with Gasteiger partial charge in [0.05, 0.1) is 18.5 Å². The number of anilines is 1. The summed E-state index contributed by atoms with van der Waals surface area (Å²) in [5.74, 6) is 0. The summed E-state index contributed by atoms with van der Waals surface area (Å²) in [6, 6.07) is -0.194. The first kappa shape index (κ1) is 18.3. The molecule has 2 unspecified atom stereocenters. The summed E-state index contributed by atoms with van der Waals surface area (Å²) >= 11 is 4.43. The van der Waals surface area contributed by atoms with E-state index in [0.29, 0.717) is 10.4 Å². The number of halogens is 4. The molecule has 1 rings (SSSR count). The van der Waals surface area contributed by atoms with Gasteiger partial charge in [0.2, 0.25) is 0 Å². The summed E-state index contributed by atoms with van der Waals surface area (Å²) in [7, 11) is 0. The highest BCUT2D eigenvalue weighted by Crippen LogP contribution is 2.22. The maximum absolute atomic E-state index is 12.3. The second-order valence-corrected chi connectivity index (χ2v) is 6.21. The van der Waals surface area contributed by atoms with E-state index in [4.69, 9.17) is 0 Å². The molecule has 0 amide bonds. The van der Waals surface area contributed by atoms with Crippen LogP contribution in [-0.4, -0.2) is 45.2 Å². The molecule has 2 N–H and O–H groups in total. The molecule has 0 radical (unpaired) electrons. The van der Waals surface area contributed by atoms with Crippen molar-refractivity contribution in [3.63, 3.8) is 0 Å². The van der Waals surface area contributed by atoms with Crippen molar-refractivity contribution in [2.45, 2.75) is 30.9 Å². The molecule has 0 spiro atoms. The molecule has 0 aliphatic heterocycles. The molecule has 2 atom stereocenters. The van der Waals surface area contributed by atoms with Gasteiger partial charge in [-0.15, -0.1) is 0 Å². The van der Waals surface area contributed by atoms with E-state index in [-0.39, 0.29) is 22.4 Å². The minimum atomic E-state index is -4.51. The monoisotopic (exact) mass is 389 g/mol. The Hall–Kier alpha value is -0.740. The van der Waals surface area contributed by atoms with Crippen molar-refractivity contribution >= 4 is 33.4 Å². The lowest BCUT2D eigenvalue weighted by atomic mass is 10.2. The van der Waals surface area contributed by atoms with Crippen molar-refractivity contribution in [2.75, 3.05) is 18.2 Å². The van der Waals surface area contributed by atoms with Crippen molar-refractivity contribution in [3.05, 3.63) is 21.0 Å². The summed E-state index contributed by atoms with van der Waals surface area (Å²) in [6.07, 6.45) is -1.53. The maximum Gasteiger partial charge on any atom is 0.408 e. The lowest BCUT2D eigenvalue weighted by molar-refractivity contribution is -0.143. The Labute approximate surface area is 132 Å². The van der Waals surface area contributed by atoms with Crippen LogP contribution in [0.2, 0.25) is 0 Å². The number of nitrogens with zero attached hydrogens (tertiary/aromatic N) is 2. The van der Waals surface area contributed by atoms with Crippen LogP contribution < -0.4 is 10.9 Å². The fourth-order valence-corrected chi connectivity index (χ4v) is 2.67. The van der Waals surface area contributed by atoms with E-state index in [0.717, 1.165) is 6.20 Å². The zero-order valence-corrected chi connectivity index (χ0v) is 13.7. The Kier molecular flexibility index (Phi) is 6.54. The van der Waals surface area contributed by atoms with Gasteiger partial charge in [0.15, 0.2) is 0 Å². The predicted molar refractivity (Wildman–Crippen MR) is 79.7 cm³/mol. The third-order valence-electron chi connectivity index (χ3n) is 2.74. The number of rotatable bonds is 6. The largest absolute Gasteiger partial charge is 0.408 e. The first-order valence-electron chi connectivity index (χ1n) is 5.92. The number of thioether (sulfide) groups is 1. The van der Waals surface area contributed by atoms with Crippen LogP contribution in [0, 0.1) is 0 Å². The van der Waals surface area contributed by atoms with Crippen LogP contribution in [0.25, 0.3) is 0 Å². The number of aromatic nitrogens is 2. The lowest BCUT2D eigenvalue weighted by Gasteiger charge is -2.23. The summed E-state index contributed by atoms with van der Waals surface area (Å²) in [4.78, 5) is 11.8. The second kappa shape index (κ2) is 7.50. The first-order chi connectivity index (χ1) is 9.69. The van der Waals surface area contributed by atoms with E-state index in [9.17, 15) is 23.1 Å². The second-order valence-electron chi connectivity index (χ2n) is 4.34. The van der Waals surface area contributed by atoms with Gasteiger partial charge in [-0.05, 0) is 29.1 Å². The van der Waals surface area contributed by atoms with Gasteiger partial charge < -0.3 is 10.4 Å². The summed E-state index contributed by atoms with van der Waals surface area (Å²) in [5, 5.41) is 15.5. The molecular weight excluding hydrogens is 375 g/mol. The minimum Gasteiger partial charge on any atom is -0.395 e. The Bertz CT molecular complexity index is 534. The molecule has 5 nitrogen and oxygen atoms in total. The number of aliphatic hydroxyl groups excluding tert-OH is 1. The highest BCUT2D eigenvalue weighted by atomic mass is 79.9. The van der Waals surface area contributed by atoms with Gasteiger partial charge in [0.1, 0.15) is 11.0 Å². The molecule has 1 aromatic rings.